The zero-order valence-corrected chi connectivity index (χ0v) is 10.4. The third-order valence-electron chi connectivity index (χ3n) is 3.34. The van der Waals surface area contributed by atoms with Crippen molar-refractivity contribution in [3.63, 3.8) is 0 Å². The number of aliphatic carboxylic acids is 1. The highest BCUT2D eigenvalue weighted by molar-refractivity contribution is 7.99. The van der Waals surface area contributed by atoms with Crippen molar-refractivity contribution >= 4 is 23.6 Å². The van der Waals surface area contributed by atoms with Gasteiger partial charge in [-0.25, -0.2) is 4.79 Å². The molecule has 0 bridgehead atoms. The highest BCUT2D eigenvalue weighted by Crippen LogP contribution is 2.28. The van der Waals surface area contributed by atoms with Crippen LogP contribution in [0.3, 0.4) is 0 Å². The predicted molar refractivity (Wildman–Crippen MR) is 64.0 cm³/mol. The lowest BCUT2D eigenvalue weighted by atomic mass is 9.92. The van der Waals surface area contributed by atoms with Crippen LogP contribution in [0.15, 0.2) is 0 Å². The van der Waals surface area contributed by atoms with Crippen molar-refractivity contribution in [2.24, 2.45) is 0 Å². The molecule has 2 heterocycles. The van der Waals surface area contributed by atoms with Crippen LogP contribution < -0.4 is 5.32 Å². The standard InChI is InChI=1S/C11H17NO4S/c13-9(8-2-1-5-16-8)12-11(10(14)15)3-6-17-7-4-11/h8H,1-7H2,(H,12,13)(H,14,15). The van der Waals surface area contributed by atoms with E-state index >= 15 is 0 Å². The Bertz CT molecular complexity index is 309. The lowest BCUT2D eigenvalue weighted by Gasteiger charge is -2.34. The molecule has 2 aliphatic heterocycles. The lowest BCUT2D eigenvalue weighted by molar-refractivity contribution is -0.149. The van der Waals surface area contributed by atoms with Crippen molar-refractivity contribution < 1.29 is 19.4 Å². The number of carbonyl (C=O) groups is 2. The Morgan fingerprint density at radius 2 is 2.06 bits per heavy atom. The van der Waals surface area contributed by atoms with Gasteiger partial charge in [0.15, 0.2) is 0 Å². The Balaban J connectivity index is 2.01. The van der Waals surface area contributed by atoms with Gasteiger partial charge in [0.05, 0.1) is 0 Å². The van der Waals surface area contributed by atoms with Crippen LogP contribution in [0.5, 0.6) is 0 Å². The van der Waals surface area contributed by atoms with Crippen molar-refractivity contribution in [1.29, 1.82) is 0 Å². The fraction of sp³-hybridized carbons (Fsp3) is 0.818. The van der Waals surface area contributed by atoms with Crippen molar-refractivity contribution in [2.75, 3.05) is 18.1 Å². The molecule has 2 aliphatic rings. The maximum atomic E-state index is 11.9. The van der Waals surface area contributed by atoms with Crippen molar-refractivity contribution in [3.8, 4) is 0 Å². The first-order valence-corrected chi connectivity index (χ1v) is 7.04. The molecule has 0 spiro atoms. The van der Waals surface area contributed by atoms with E-state index in [1.807, 2.05) is 0 Å². The minimum atomic E-state index is -1.08. The fourth-order valence-electron chi connectivity index (χ4n) is 2.21. The molecular formula is C11H17NO4S. The summed E-state index contributed by atoms with van der Waals surface area (Å²) in [5.74, 6) is 0.358. The molecule has 5 nitrogen and oxygen atoms in total. The summed E-state index contributed by atoms with van der Waals surface area (Å²) in [5, 5.41) is 12.0. The van der Waals surface area contributed by atoms with Gasteiger partial charge in [-0.1, -0.05) is 0 Å². The summed E-state index contributed by atoms with van der Waals surface area (Å²) in [6.45, 7) is 0.591. The van der Waals surface area contributed by atoms with Crippen LogP contribution in [0.1, 0.15) is 25.7 Å². The van der Waals surface area contributed by atoms with Crippen LogP contribution in [0.25, 0.3) is 0 Å². The SMILES string of the molecule is O=C(NC1(C(=O)O)CCSCC1)C1CCCO1. The first kappa shape index (κ1) is 12.7. The van der Waals surface area contributed by atoms with E-state index in [1.54, 1.807) is 11.8 Å². The fourth-order valence-corrected chi connectivity index (χ4v) is 3.40. The second kappa shape index (κ2) is 5.27. The number of carboxylic acid groups (broad SMARTS) is 1. The Morgan fingerprint density at radius 1 is 1.35 bits per heavy atom. The summed E-state index contributed by atoms with van der Waals surface area (Å²) >= 11 is 1.73. The largest absolute Gasteiger partial charge is 0.480 e. The van der Waals surface area contributed by atoms with E-state index < -0.39 is 17.6 Å². The molecule has 2 fully saturated rings. The first-order valence-electron chi connectivity index (χ1n) is 5.89. The minimum absolute atomic E-state index is 0.267. The van der Waals surface area contributed by atoms with Gasteiger partial charge in [0.2, 0.25) is 5.91 Å². The summed E-state index contributed by atoms with van der Waals surface area (Å²) in [4.78, 5) is 23.3. The average Bonchev–Trinajstić information content (AvgIpc) is 2.83. The molecule has 0 saturated carbocycles. The number of ether oxygens (including phenoxy) is 1. The summed E-state index contributed by atoms with van der Waals surface area (Å²) in [7, 11) is 0. The highest BCUT2D eigenvalue weighted by Gasteiger charge is 2.42. The summed E-state index contributed by atoms with van der Waals surface area (Å²) < 4.78 is 5.27. The van der Waals surface area contributed by atoms with Gasteiger partial charge in [0.1, 0.15) is 11.6 Å². The molecule has 2 N–H and O–H groups in total. The second-order valence-electron chi connectivity index (χ2n) is 4.49. The van der Waals surface area contributed by atoms with E-state index in [9.17, 15) is 14.7 Å². The molecule has 1 amide bonds. The van der Waals surface area contributed by atoms with E-state index in [4.69, 9.17) is 4.74 Å². The third kappa shape index (κ3) is 2.74. The second-order valence-corrected chi connectivity index (χ2v) is 5.72. The Labute approximate surface area is 104 Å². The van der Waals surface area contributed by atoms with Crippen LogP contribution in [0, 0.1) is 0 Å². The molecule has 0 radical (unpaired) electrons. The summed E-state index contributed by atoms with van der Waals surface area (Å²) in [6.07, 6.45) is 2.09. The number of amides is 1. The van der Waals surface area contributed by atoms with Crippen LogP contribution in [0.4, 0.5) is 0 Å². The number of hydrogen-bond acceptors (Lipinski definition) is 4. The Hall–Kier alpha value is -0.750. The first-order chi connectivity index (χ1) is 8.14. The van der Waals surface area contributed by atoms with E-state index in [0.29, 0.717) is 25.9 Å². The highest BCUT2D eigenvalue weighted by atomic mass is 32.2. The van der Waals surface area contributed by atoms with Gasteiger partial charge in [-0.05, 0) is 37.2 Å². The number of hydrogen-bond donors (Lipinski definition) is 2. The van der Waals surface area contributed by atoms with Gasteiger partial charge >= 0.3 is 5.97 Å². The van der Waals surface area contributed by atoms with Gasteiger partial charge in [-0.3, -0.25) is 4.79 Å². The number of carbonyl (C=O) groups excluding carboxylic acids is 1. The zero-order valence-electron chi connectivity index (χ0n) is 9.61. The maximum Gasteiger partial charge on any atom is 0.329 e. The van der Waals surface area contributed by atoms with Crippen molar-refractivity contribution in [3.05, 3.63) is 0 Å². The van der Waals surface area contributed by atoms with Crippen molar-refractivity contribution in [1.82, 2.24) is 5.32 Å². The molecule has 2 saturated heterocycles. The third-order valence-corrected chi connectivity index (χ3v) is 4.33. The van der Waals surface area contributed by atoms with Gasteiger partial charge in [-0.15, -0.1) is 0 Å². The van der Waals surface area contributed by atoms with E-state index in [-0.39, 0.29) is 5.91 Å². The maximum absolute atomic E-state index is 11.9. The number of carboxylic acids is 1. The molecule has 2 rings (SSSR count). The zero-order chi connectivity index (χ0) is 12.3. The van der Waals surface area contributed by atoms with Crippen LogP contribution >= 0.6 is 11.8 Å². The molecular weight excluding hydrogens is 242 g/mol. The van der Waals surface area contributed by atoms with E-state index in [0.717, 1.165) is 17.9 Å². The lowest BCUT2D eigenvalue weighted by Crippen LogP contribution is -2.58. The van der Waals surface area contributed by atoms with Crippen LogP contribution in [-0.2, 0) is 14.3 Å². The quantitative estimate of drug-likeness (QED) is 0.777. The monoisotopic (exact) mass is 259 g/mol. The predicted octanol–water partition coefficient (Wildman–Crippen LogP) is 0.632. The Kier molecular flexibility index (Phi) is 3.93. The van der Waals surface area contributed by atoms with Gasteiger partial charge in [0, 0.05) is 6.61 Å². The van der Waals surface area contributed by atoms with Crippen LogP contribution in [-0.4, -0.2) is 46.7 Å². The normalized spacial score (nSPS) is 27.6. The van der Waals surface area contributed by atoms with Gasteiger partial charge < -0.3 is 15.2 Å². The minimum Gasteiger partial charge on any atom is -0.480 e. The molecule has 0 aromatic heterocycles. The molecule has 0 aromatic carbocycles. The molecule has 1 unspecified atom stereocenters. The molecule has 1 atom stereocenters. The molecule has 17 heavy (non-hydrogen) atoms. The smallest absolute Gasteiger partial charge is 0.329 e. The van der Waals surface area contributed by atoms with E-state index in [1.165, 1.54) is 0 Å². The molecule has 0 aromatic rings. The summed E-state index contributed by atoms with van der Waals surface area (Å²) in [6, 6.07) is 0. The average molecular weight is 259 g/mol. The van der Waals surface area contributed by atoms with E-state index in [2.05, 4.69) is 5.32 Å². The number of nitrogens with one attached hydrogen (secondary N) is 1. The molecule has 6 heteroatoms. The number of rotatable bonds is 3. The van der Waals surface area contributed by atoms with Gasteiger partial charge in [-0.2, -0.15) is 11.8 Å². The van der Waals surface area contributed by atoms with Gasteiger partial charge in [0.25, 0.3) is 0 Å². The summed E-state index contributed by atoms with van der Waals surface area (Å²) in [5.41, 5.74) is -1.08. The molecule has 0 aliphatic carbocycles. The van der Waals surface area contributed by atoms with Crippen molar-refractivity contribution in [2.45, 2.75) is 37.3 Å². The molecule has 96 valence electrons. The topological polar surface area (TPSA) is 75.6 Å². The van der Waals surface area contributed by atoms with Crippen LogP contribution in [0.2, 0.25) is 0 Å². The number of thioether (sulfide) groups is 1. The Morgan fingerprint density at radius 3 is 2.59 bits per heavy atom.